The van der Waals surface area contributed by atoms with E-state index in [0.717, 1.165) is 42.3 Å². The van der Waals surface area contributed by atoms with E-state index in [4.69, 9.17) is 4.74 Å². The first-order chi connectivity index (χ1) is 9.61. The summed E-state index contributed by atoms with van der Waals surface area (Å²) in [6.07, 6.45) is 3.63. The molecule has 0 aromatic heterocycles. The van der Waals surface area contributed by atoms with Gasteiger partial charge in [0.2, 0.25) is 0 Å². The van der Waals surface area contributed by atoms with Crippen LogP contribution in [0.3, 0.4) is 0 Å². The Morgan fingerprint density at radius 3 is 2.65 bits per heavy atom. The van der Waals surface area contributed by atoms with Crippen molar-refractivity contribution in [2.75, 3.05) is 19.7 Å². The zero-order valence-corrected chi connectivity index (χ0v) is 14.6. The van der Waals surface area contributed by atoms with E-state index in [-0.39, 0.29) is 0 Å². The predicted octanol–water partition coefficient (Wildman–Crippen LogP) is 4.88. The van der Waals surface area contributed by atoms with Crippen LogP contribution in [0, 0.1) is 11.8 Å². The van der Waals surface area contributed by atoms with Crippen LogP contribution < -0.4 is 10.1 Å². The number of rotatable bonds is 10. The van der Waals surface area contributed by atoms with Crippen molar-refractivity contribution in [3.05, 3.63) is 28.7 Å². The van der Waals surface area contributed by atoms with Crippen molar-refractivity contribution in [3.63, 3.8) is 0 Å². The molecule has 0 aliphatic carbocycles. The van der Waals surface area contributed by atoms with Crippen molar-refractivity contribution in [2.24, 2.45) is 11.8 Å². The second-order valence-electron chi connectivity index (χ2n) is 5.80. The largest absolute Gasteiger partial charge is 0.494 e. The molecule has 0 saturated heterocycles. The third-order valence-corrected chi connectivity index (χ3v) is 3.77. The Labute approximate surface area is 132 Å². The molecule has 1 atom stereocenters. The van der Waals surface area contributed by atoms with E-state index in [1.807, 2.05) is 24.3 Å². The average Bonchev–Trinajstić information content (AvgIpc) is 2.38. The summed E-state index contributed by atoms with van der Waals surface area (Å²) in [5.41, 5.74) is 0. The molecule has 0 bridgehead atoms. The molecule has 1 rings (SSSR count). The molecule has 3 heteroatoms. The minimum atomic E-state index is 0.714. The van der Waals surface area contributed by atoms with E-state index >= 15 is 0 Å². The number of nitrogens with one attached hydrogen (secondary N) is 1. The van der Waals surface area contributed by atoms with Gasteiger partial charge in [0, 0.05) is 4.47 Å². The van der Waals surface area contributed by atoms with Crippen LogP contribution in [-0.2, 0) is 0 Å². The molecule has 1 unspecified atom stereocenters. The van der Waals surface area contributed by atoms with Gasteiger partial charge in [-0.3, -0.25) is 0 Å². The number of halogens is 1. The number of hydrogen-bond acceptors (Lipinski definition) is 2. The molecule has 0 heterocycles. The van der Waals surface area contributed by atoms with Gasteiger partial charge in [-0.05, 0) is 56.0 Å². The Hall–Kier alpha value is -0.540. The van der Waals surface area contributed by atoms with Gasteiger partial charge in [-0.1, -0.05) is 49.2 Å². The van der Waals surface area contributed by atoms with Gasteiger partial charge in [-0.15, -0.1) is 0 Å². The van der Waals surface area contributed by atoms with Crippen molar-refractivity contribution in [1.29, 1.82) is 0 Å². The predicted molar refractivity (Wildman–Crippen MR) is 90.4 cm³/mol. The summed E-state index contributed by atoms with van der Waals surface area (Å²) in [6.45, 7) is 9.76. The van der Waals surface area contributed by atoms with Crippen molar-refractivity contribution in [2.45, 2.75) is 40.0 Å². The number of benzene rings is 1. The molecule has 1 aromatic carbocycles. The summed E-state index contributed by atoms with van der Waals surface area (Å²) in [4.78, 5) is 0. The maximum atomic E-state index is 5.83. The van der Waals surface area contributed by atoms with Gasteiger partial charge in [0.05, 0.1) is 6.61 Å². The lowest BCUT2D eigenvalue weighted by atomic mass is 10.00. The van der Waals surface area contributed by atoms with E-state index in [1.165, 1.54) is 12.8 Å². The lowest BCUT2D eigenvalue weighted by molar-refractivity contribution is 0.266. The summed E-state index contributed by atoms with van der Waals surface area (Å²) in [7, 11) is 0. The van der Waals surface area contributed by atoms with Crippen LogP contribution >= 0.6 is 15.9 Å². The van der Waals surface area contributed by atoms with Gasteiger partial charge in [-0.2, -0.15) is 0 Å². The molecule has 0 aliphatic heterocycles. The molecule has 114 valence electrons. The summed E-state index contributed by atoms with van der Waals surface area (Å²) in [5, 5.41) is 3.56. The Kier molecular flexibility index (Phi) is 8.95. The van der Waals surface area contributed by atoms with E-state index < -0.39 is 0 Å². The van der Waals surface area contributed by atoms with E-state index in [2.05, 4.69) is 42.0 Å². The van der Waals surface area contributed by atoms with Crippen LogP contribution in [0.5, 0.6) is 5.75 Å². The van der Waals surface area contributed by atoms with Crippen molar-refractivity contribution in [1.82, 2.24) is 5.32 Å². The molecule has 1 aromatic rings. The van der Waals surface area contributed by atoms with Gasteiger partial charge in [0.25, 0.3) is 0 Å². The maximum Gasteiger partial charge on any atom is 0.120 e. The van der Waals surface area contributed by atoms with Crippen LogP contribution in [0.2, 0.25) is 0 Å². The van der Waals surface area contributed by atoms with E-state index in [1.54, 1.807) is 0 Å². The quantitative estimate of drug-likeness (QED) is 0.654. The highest BCUT2D eigenvalue weighted by molar-refractivity contribution is 9.10. The molecule has 0 spiro atoms. The first-order valence-corrected chi connectivity index (χ1v) is 8.50. The lowest BCUT2D eigenvalue weighted by Crippen LogP contribution is -2.27. The number of ether oxygens (including phenoxy) is 1. The zero-order valence-electron chi connectivity index (χ0n) is 13.0. The van der Waals surface area contributed by atoms with Crippen LogP contribution in [-0.4, -0.2) is 19.7 Å². The highest BCUT2D eigenvalue weighted by atomic mass is 79.9. The summed E-state index contributed by atoms with van der Waals surface area (Å²) >= 11 is 3.47. The van der Waals surface area contributed by atoms with Crippen molar-refractivity contribution < 1.29 is 4.74 Å². The van der Waals surface area contributed by atoms with Crippen LogP contribution in [0.4, 0.5) is 0 Å². The molecule has 0 fully saturated rings. The Bertz CT molecular complexity index is 368. The molecule has 1 N–H and O–H groups in total. The Morgan fingerprint density at radius 2 is 2.00 bits per heavy atom. The fourth-order valence-corrected chi connectivity index (χ4v) is 2.61. The lowest BCUT2D eigenvalue weighted by Gasteiger charge is -2.18. The highest BCUT2D eigenvalue weighted by Gasteiger charge is 2.08. The number of hydrogen-bond donors (Lipinski definition) is 1. The van der Waals surface area contributed by atoms with Gasteiger partial charge < -0.3 is 10.1 Å². The Morgan fingerprint density at radius 1 is 1.20 bits per heavy atom. The fraction of sp³-hybridized carbons (Fsp3) is 0.647. The monoisotopic (exact) mass is 341 g/mol. The molecule has 20 heavy (non-hydrogen) atoms. The van der Waals surface area contributed by atoms with Crippen LogP contribution in [0.15, 0.2) is 28.7 Å². The van der Waals surface area contributed by atoms with Gasteiger partial charge >= 0.3 is 0 Å². The van der Waals surface area contributed by atoms with Gasteiger partial charge in [-0.25, -0.2) is 0 Å². The van der Waals surface area contributed by atoms with Gasteiger partial charge in [0.15, 0.2) is 0 Å². The summed E-state index contributed by atoms with van der Waals surface area (Å²) < 4.78 is 6.90. The van der Waals surface area contributed by atoms with Crippen molar-refractivity contribution in [3.8, 4) is 5.75 Å². The van der Waals surface area contributed by atoms with E-state index in [9.17, 15) is 0 Å². The molecule has 2 nitrogen and oxygen atoms in total. The smallest absolute Gasteiger partial charge is 0.120 e. The topological polar surface area (TPSA) is 21.3 Å². The first kappa shape index (κ1) is 17.5. The normalized spacial score (nSPS) is 12.7. The molecule has 0 aliphatic rings. The standard InChI is InChI=1S/C17H28BrNO/c1-4-6-15(13-19-12-14(2)3)9-10-20-17-8-5-7-16(18)11-17/h5,7-8,11,14-15,19H,4,6,9-10,12-13H2,1-3H3. The highest BCUT2D eigenvalue weighted by Crippen LogP contribution is 2.19. The Balaban J connectivity index is 2.27. The van der Waals surface area contributed by atoms with Gasteiger partial charge in [0.1, 0.15) is 5.75 Å². The van der Waals surface area contributed by atoms with Crippen LogP contribution in [0.25, 0.3) is 0 Å². The van der Waals surface area contributed by atoms with E-state index in [0.29, 0.717) is 5.92 Å². The fourth-order valence-electron chi connectivity index (χ4n) is 2.23. The molecular weight excluding hydrogens is 314 g/mol. The third kappa shape index (κ3) is 7.91. The van der Waals surface area contributed by atoms with Crippen LogP contribution in [0.1, 0.15) is 40.0 Å². The summed E-state index contributed by atoms with van der Waals surface area (Å²) in [6, 6.07) is 8.05. The SMILES string of the molecule is CCCC(CCOc1cccc(Br)c1)CNCC(C)C. The minimum Gasteiger partial charge on any atom is -0.494 e. The third-order valence-electron chi connectivity index (χ3n) is 3.27. The molecule has 0 radical (unpaired) electrons. The molecular formula is C17H28BrNO. The molecule has 0 amide bonds. The zero-order chi connectivity index (χ0) is 14.8. The van der Waals surface area contributed by atoms with Crippen molar-refractivity contribution >= 4 is 15.9 Å². The summed E-state index contributed by atoms with van der Waals surface area (Å²) in [5.74, 6) is 2.38. The average molecular weight is 342 g/mol. The second kappa shape index (κ2) is 10.2. The molecule has 0 saturated carbocycles. The minimum absolute atomic E-state index is 0.714. The first-order valence-electron chi connectivity index (χ1n) is 7.71. The second-order valence-corrected chi connectivity index (χ2v) is 6.72. The maximum absolute atomic E-state index is 5.83.